The number of benzene rings is 2. The molecule has 0 atom stereocenters. The second-order valence-electron chi connectivity index (χ2n) is 4.64. The van der Waals surface area contributed by atoms with E-state index in [1.165, 1.54) is 5.39 Å². The number of carbonyl (C=O) groups is 1. The van der Waals surface area contributed by atoms with Crippen LogP contribution in [-0.2, 0) is 6.54 Å². The molecule has 3 rings (SSSR count). The molecule has 1 aromatic heterocycles. The zero-order valence-electron chi connectivity index (χ0n) is 10.8. The van der Waals surface area contributed by atoms with Gasteiger partial charge in [-0.2, -0.15) is 0 Å². The molecule has 0 saturated heterocycles. The van der Waals surface area contributed by atoms with Crippen molar-refractivity contribution < 1.29 is 9.90 Å². The molecule has 4 nitrogen and oxygen atoms in total. The van der Waals surface area contributed by atoms with E-state index in [-0.39, 0.29) is 5.56 Å². The molecule has 0 saturated carbocycles. The van der Waals surface area contributed by atoms with Crippen LogP contribution < -0.4 is 5.32 Å². The third-order valence-corrected chi connectivity index (χ3v) is 3.23. The normalized spacial score (nSPS) is 10.6. The van der Waals surface area contributed by atoms with Gasteiger partial charge in [-0.05, 0) is 41.3 Å². The van der Waals surface area contributed by atoms with E-state index in [9.17, 15) is 4.79 Å². The molecule has 100 valence electrons. The Kier molecular flexibility index (Phi) is 3.13. The van der Waals surface area contributed by atoms with Crippen molar-refractivity contribution in [3.63, 3.8) is 0 Å². The van der Waals surface area contributed by atoms with Crippen molar-refractivity contribution in [1.29, 1.82) is 0 Å². The fraction of sp³-hybridized carbons (Fsp3) is 0.0625. The smallest absolute Gasteiger partial charge is 0.335 e. The van der Waals surface area contributed by atoms with Crippen molar-refractivity contribution in [2.45, 2.75) is 6.54 Å². The summed E-state index contributed by atoms with van der Waals surface area (Å²) >= 11 is 0. The van der Waals surface area contributed by atoms with Crippen LogP contribution in [0.1, 0.15) is 15.9 Å². The molecule has 4 heteroatoms. The maximum atomic E-state index is 10.9. The maximum Gasteiger partial charge on any atom is 0.335 e. The number of carboxylic acid groups (broad SMARTS) is 1. The summed E-state index contributed by atoms with van der Waals surface area (Å²) in [7, 11) is 0. The second-order valence-corrected chi connectivity index (χ2v) is 4.64. The molecule has 0 fully saturated rings. The van der Waals surface area contributed by atoms with Gasteiger partial charge in [-0.15, -0.1) is 0 Å². The van der Waals surface area contributed by atoms with Crippen LogP contribution in [0.3, 0.4) is 0 Å². The van der Waals surface area contributed by atoms with E-state index in [0.29, 0.717) is 6.54 Å². The van der Waals surface area contributed by atoms with E-state index < -0.39 is 5.97 Å². The van der Waals surface area contributed by atoms with E-state index in [2.05, 4.69) is 28.5 Å². The van der Waals surface area contributed by atoms with Crippen LogP contribution >= 0.6 is 0 Å². The Balaban J connectivity index is 1.75. The topological polar surface area (TPSA) is 65.1 Å². The van der Waals surface area contributed by atoms with E-state index in [1.807, 2.05) is 18.3 Å². The average Bonchev–Trinajstić information content (AvgIpc) is 2.93. The van der Waals surface area contributed by atoms with Crippen molar-refractivity contribution in [3.8, 4) is 0 Å². The molecule has 0 radical (unpaired) electrons. The van der Waals surface area contributed by atoms with Gasteiger partial charge in [-0.3, -0.25) is 0 Å². The van der Waals surface area contributed by atoms with Crippen molar-refractivity contribution in [2.24, 2.45) is 0 Å². The Morgan fingerprint density at radius 3 is 2.90 bits per heavy atom. The fourth-order valence-electron chi connectivity index (χ4n) is 2.17. The van der Waals surface area contributed by atoms with E-state index in [1.54, 1.807) is 18.2 Å². The number of aromatic carboxylic acids is 1. The quantitative estimate of drug-likeness (QED) is 0.677. The summed E-state index contributed by atoms with van der Waals surface area (Å²) in [6, 6.07) is 15.1. The molecular weight excluding hydrogens is 252 g/mol. The fourth-order valence-corrected chi connectivity index (χ4v) is 2.17. The summed E-state index contributed by atoms with van der Waals surface area (Å²) in [5.74, 6) is -0.915. The van der Waals surface area contributed by atoms with Gasteiger partial charge in [0.15, 0.2) is 0 Å². The lowest BCUT2D eigenvalue weighted by Crippen LogP contribution is -2.01. The number of H-pyrrole nitrogens is 1. The van der Waals surface area contributed by atoms with E-state index in [4.69, 9.17) is 5.11 Å². The highest BCUT2D eigenvalue weighted by Gasteiger charge is 2.03. The van der Waals surface area contributed by atoms with Crippen LogP contribution in [0.2, 0.25) is 0 Å². The number of fused-ring (bicyclic) bond motifs is 1. The van der Waals surface area contributed by atoms with Gasteiger partial charge in [0.1, 0.15) is 0 Å². The third-order valence-electron chi connectivity index (χ3n) is 3.23. The summed E-state index contributed by atoms with van der Waals surface area (Å²) in [5, 5.41) is 13.4. The molecule has 1 heterocycles. The number of aromatic amines is 1. The highest BCUT2D eigenvalue weighted by atomic mass is 16.4. The van der Waals surface area contributed by atoms with Gasteiger partial charge in [0, 0.05) is 23.9 Å². The molecule has 0 aliphatic rings. The molecule has 3 aromatic rings. The average molecular weight is 266 g/mol. The number of aromatic nitrogens is 1. The number of rotatable bonds is 4. The number of carboxylic acids is 1. The molecule has 0 aliphatic carbocycles. The maximum absolute atomic E-state index is 10.9. The Labute approximate surface area is 116 Å². The number of hydrogen-bond donors (Lipinski definition) is 3. The molecule has 0 bridgehead atoms. The van der Waals surface area contributed by atoms with Gasteiger partial charge >= 0.3 is 5.97 Å². The van der Waals surface area contributed by atoms with Crippen LogP contribution in [0.4, 0.5) is 5.69 Å². The first-order valence-corrected chi connectivity index (χ1v) is 6.35. The van der Waals surface area contributed by atoms with Gasteiger partial charge in [-0.1, -0.05) is 18.2 Å². The third kappa shape index (κ3) is 2.49. The summed E-state index contributed by atoms with van der Waals surface area (Å²) < 4.78 is 0. The first kappa shape index (κ1) is 12.3. The second kappa shape index (κ2) is 5.09. The van der Waals surface area contributed by atoms with Gasteiger partial charge < -0.3 is 15.4 Å². The molecule has 0 spiro atoms. The minimum absolute atomic E-state index is 0.287. The van der Waals surface area contributed by atoms with Crippen LogP contribution in [0.15, 0.2) is 54.7 Å². The highest BCUT2D eigenvalue weighted by Crippen LogP contribution is 2.16. The predicted molar refractivity (Wildman–Crippen MR) is 79.0 cm³/mol. The molecule has 0 amide bonds. The summed E-state index contributed by atoms with van der Waals surface area (Å²) in [6.07, 6.45) is 1.91. The summed E-state index contributed by atoms with van der Waals surface area (Å²) in [4.78, 5) is 14.1. The lowest BCUT2D eigenvalue weighted by atomic mass is 10.1. The molecule has 0 unspecified atom stereocenters. The van der Waals surface area contributed by atoms with Crippen LogP contribution in [-0.4, -0.2) is 16.1 Å². The Morgan fingerprint density at radius 1 is 1.15 bits per heavy atom. The lowest BCUT2D eigenvalue weighted by Gasteiger charge is -2.07. The number of hydrogen-bond acceptors (Lipinski definition) is 2. The molecule has 20 heavy (non-hydrogen) atoms. The van der Waals surface area contributed by atoms with Crippen molar-refractivity contribution >= 4 is 22.6 Å². The molecule has 3 N–H and O–H groups in total. The monoisotopic (exact) mass is 266 g/mol. The van der Waals surface area contributed by atoms with E-state index in [0.717, 1.165) is 16.8 Å². The number of nitrogens with one attached hydrogen (secondary N) is 2. The lowest BCUT2D eigenvalue weighted by molar-refractivity contribution is 0.0697. The van der Waals surface area contributed by atoms with Crippen molar-refractivity contribution in [3.05, 3.63) is 65.9 Å². The van der Waals surface area contributed by atoms with Gasteiger partial charge in [0.05, 0.1) is 5.56 Å². The summed E-state index contributed by atoms with van der Waals surface area (Å²) in [6.45, 7) is 0.651. The predicted octanol–water partition coefficient (Wildman–Crippen LogP) is 3.48. The Hall–Kier alpha value is -2.75. The zero-order valence-corrected chi connectivity index (χ0v) is 10.8. The molecule has 2 aromatic carbocycles. The van der Waals surface area contributed by atoms with Crippen molar-refractivity contribution in [1.82, 2.24) is 4.98 Å². The van der Waals surface area contributed by atoms with Gasteiger partial charge in [0.2, 0.25) is 0 Å². The minimum Gasteiger partial charge on any atom is -0.478 e. The standard InChI is InChI=1S/C16H14N2O2/c19-16(20)13-2-1-3-14(9-13)18-10-11-4-5-12-6-7-17-15(12)8-11/h1-9,17-18H,10H2,(H,19,20). The molecular formula is C16H14N2O2. The largest absolute Gasteiger partial charge is 0.478 e. The SMILES string of the molecule is O=C(O)c1cccc(NCc2ccc3cc[nH]c3c2)c1. The summed E-state index contributed by atoms with van der Waals surface area (Å²) in [5.41, 5.74) is 3.33. The van der Waals surface area contributed by atoms with Gasteiger partial charge in [0.25, 0.3) is 0 Å². The highest BCUT2D eigenvalue weighted by molar-refractivity contribution is 5.88. The Bertz CT molecular complexity index is 762. The molecule has 0 aliphatic heterocycles. The minimum atomic E-state index is -0.915. The van der Waals surface area contributed by atoms with Crippen LogP contribution in [0.5, 0.6) is 0 Å². The van der Waals surface area contributed by atoms with Crippen LogP contribution in [0, 0.1) is 0 Å². The first-order valence-electron chi connectivity index (χ1n) is 6.35. The van der Waals surface area contributed by atoms with E-state index >= 15 is 0 Å². The van der Waals surface area contributed by atoms with Gasteiger partial charge in [-0.25, -0.2) is 4.79 Å². The first-order chi connectivity index (χ1) is 9.72. The van der Waals surface area contributed by atoms with Crippen LogP contribution in [0.25, 0.3) is 10.9 Å². The number of anilines is 1. The van der Waals surface area contributed by atoms with Crippen molar-refractivity contribution in [2.75, 3.05) is 5.32 Å². The Morgan fingerprint density at radius 2 is 2.05 bits per heavy atom. The zero-order chi connectivity index (χ0) is 13.9.